The van der Waals surface area contributed by atoms with Gasteiger partial charge < -0.3 is 5.32 Å². The zero-order valence-electron chi connectivity index (χ0n) is 12.6. The summed E-state index contributed by atoms with van der Waals surface area (Å²) in [5, 5.41) is 3.53. The van der Waals surface area contributed by atoms with Crippen molar-refractivity contribution in [2.45, 2.75) is 31.6 Å². The number of hydrogen-bond acceptors (Lipinski definition) is 4. The molecule has 1 unspecified atom stereocenters. The van der Waals surface area contributed by atoms with E-state index in [1.54, 1.807) is 13.0 Å². The summed E-state index contributed by atoms with van der Waals surface area (Å²) >= 11 is 1.04. The van der Waals surface area contributed by atoms with E-state index in [0.717, 1.165) is 11.5 Å². The summed E-state index contributed by atoms with van der Waals surface area (Å²) in [4.78, 5) is 4.36. The number of piperidine rings is 1. The summed E-state index contributed by atoms with van der Waals surface area (Å²) in [6.07, 6.45) is 0.935. The second kappa shape index (κ2) is 5.01. The molecule has 2 fully saturated rings. The van der Waals surface area contributed by atoms with Gasteiger partial charge in [0.25, 0.3) is 5.92 Å². The van der Waals surface area contributed by atoms with E-state index in [1.807, 2.05) is 0 Å². The maximum Gasteiger partial charge on any atom is 0.264 e. The molecule has 1 atom stereocenters. The maximum absolute atomic E-state index is 14.4. The lowest BCUT2D eigenvalue weighted by Crippen LogP contribution is -2.32. The Morgan fingerprint density at radius 2 is 2.00 bits per heavy atom. The minimum absolute atomic E-state index is 0.330. The Morgan fingerprint density at radius 3 is 2.70 bits per heavy atom. The van der Waals surface area contributed by atoms with Crippen molar-refractivity contribution in [1.29, 1.82) is 0 Å². The largest absolute Gasteiger partial charge is 0.317 e. The SMILES string of the molecule is Cc1cc(F)ccc1-c1nsc(C2C(F)(F)C23CCNCC3)n1. The number of alkyl halides is 2. The zero-order chi connectivity index (χ0) is 16.2. The summed E-state index contributed by atoms with van der Waals surface area (Å²) in [6, 6.07) is 4.33. The van der Waals surface area contributed by atoms with Gasteiger partial charge in [-0.2, -0.15) is 4.37 Å². The van der Waals surface area contributed by atoms with Crippen LogP contribution in [0.5, 0.6) is 0 Å². The van der Waals surface area contributed by atoms with Gasteiger partial charge in [-0.25, -0.2) is 18.2 Å². The highest BCUT2D eigenvalue weighted by molar-refractivity contribution is 7.05. The minimum Gasteiger partial charge on any atom is -0.317 e. The first-order valence-electron chi connectivity index (χ1n) is 7.64. The van der Waals surface area contributed by atoms with Crippen LogP contribution in [0.1, 0.15) is 29.3 Å². The molecule has 1 saturated heterocycles. The number of aromatic nitrogens is 2. The van der Waals surface area contributed by atoms with Crippen molar-refractivity contribution in [3.63, 3.8) is 0 Å². The van der Waals surface area contributed by atoms with Crippen molar-refractivity contribution >= 4 is 11.5 Å². The molecule has 7 heteroatoms. The fourth-order valence-electron chi connectivity index (χ4n) is 3.74. The zero-order valence-corrected chi connectivity index (χ0v) is 13.4. The van der Waals surface area contributed by atoms with Crippen LogP contribution in [0.25, 0.3) is 11.4 Å². The van der Waals surface area contributed by atoms with Crippen LogP contribution in [0.2, 0.25) is 0 Å². The summed E-state index contributed by atoms with van der Waals surface area (Å²) in [6.45, 7) is 3.00. The van der Waals surface area contributed by atoms with Gasteiger partial charge in [-0.05, 0) is 68.1 Å². The number of rotatable bonds is 2. The number of aryl methyl sites for hydroxylation is 1. The number of hydrogen-bond donors (Lipinski definition) is 1. The third-order valence-electron chi connectivity index (χ3n) is 5.11. The Balaban J connectivity index is 1.66. The van der Waals surface area contributed by atoms with E-state index in [-0.39, 0.29) is 5.82 Å². The van der Waals surface area contributed by atoms with E-state index in [9.17, 15) is 13.2 Å². The molecule has 1 N–H and O–H groups in total. The molecular formula is C16H16F3N3S. The van der Waals surface area contributed by atoms with Crippen LogP contribution in [-0.2, 0) is 0 Å². The molecule has 0 bridgehead atoms. The van der Waals surface area contributed by atoms with E-state index in [0.29, 0.717) is 47.9 Å². The molecule has 2 aromatic rings. The lowest BCUT2D eigenvalue weighted by Gasteiger charge is -2.22. The molecule has 3 nitrogen and oxygen atoms in total. The van der Waals surface area contributed by atoms with E-state index in [2.05, 4.69) is 14.7 Å². The molecule has 1 aliphatic heterocycles. The lowest BCUT2D eigenvalue weighted by atomic mass is 9.91. The average Bonchev–Trinajstić information content (AvgIpc) is 2.84. The molecule has 1 aromatic carbocycles. The van der Waals surface area contributed by atoms with Crippen LogP contribution in [0.4, 0.5) is 13.2 Å². The van der Waals surface area contributed by atoms with E-state index >= 15 is 0 Å². The highest BCUT2D eigenvalue weighted by atomic mass is 32.1. The second-order valence-corrected chi connectivity index (χ2v) is 7.16. The normalized spacial score (nSPS) is 24.8. The summed E-state index contributed by atoms with van der Waals surface area (Å²) in [5.41, 5.74) is 0.443. The van der Waals surface area contributed by atoms with E-state index in [4.69, 9.17) is 0 Å². The minimum atomic E-state index is -2.70. The lowest BCUT2D eigenvalue weighted by molar-refractivity contribution is 0.0493. The van der Waals surface area contributed by atoms with Crippen molar-refractivity contribution in [1.82, 2.24) is 14.7 Å². The molecule has 1 aromatic heterocycles. The van der Waals surface area contributed by atoms with E-state index in [1.165, 1.54) is 12.1 Å². The van der Waals surface area contributed by atoms with Gasteiger partial charge in [-0.1, -0.05) is 0 Å². The first-order valence-corrected chi connectivity index (χ1v) is 8.42. The molecule has 23 heavy (non-hydrogen) atoms. The third kappa shape index (κ3) is 2.13. The number of nitrogens with one attached hydrogen (secondary N) is 1. The topological polar surface area (TPSA) is 37.8 Å². The number of halogens is 3. The van der Waals surface area contributed by atoms with Gasteiger partial charge in [0.1, 0.15) is 10.8 Å². The molecular weight excluding hydrogens is 323 g/mol. The molecule has 1 saturated carbocycles. The Morgan fingerprint density at radius 1 is 1.26 bits per heavy atom. The fourth-order valence-corrected chi connectivity index (χ4v) is 4.66. The first-order chi connectivity index (χ1) is 11.0. The van der Waals surface area contributed by atoms with Crippen molar-refractivity contribution in [2.24, 2.45) is 5.41 Å². The van der Waals surface area contributed by atoms with Gasteiger partial charge >= 0.3 is 0 Å². The van der Waals surface area contributed by atoms with Crippen molar-refractivity contribution in [3.05, 3.63) is 34.6 Å². The first kappa shape index (κ1) is 15.1. The third-order valence-corrected chi connectivity index (χ3v) is 5.89. The van der Waals surface area contributed by atoms with Gasteiger partial charge in [0.05, 0.1) is 11.3 Å². The van der Waals surface area contributed by atoms with Crippen LogP contribution in [0, 0.1) is 18.2 Å². The highest BCUT2D eigenvalue weighted by Gasteiger charge is 2.81. The molecule has 2 aliphatic rings. The monoisotopic (exact) mass is 339 g/mol. The second-order valence-electron chi connectivity index (χ2n) is 6.38. The van der Waals surface area contributed by atoms with Crippen LogP contribution in [0.3, 0.4) is 0 Å². The van der Waals surface area contributed by atoms with Crippen LogP contribution in [0.15, 0.2) is 18.2 Å². The van der Waals surface area contributed by atoms with Gasteiger partial charge in [0.15, 0.2) is 5.82 Å². The molecule has 0 amide bonds. The standard InChI is InChI=1S/C16H16F3N3S/c1-9-8-10(17)2-3-11(9)13-21-14(23-22-13)12-15(16(12,18)19)4-6-20-7-5-15/h2-3,8,12,20H,4-7H2,1H3. The Hall–Kier alpha value is -1.47. The Labute approximate surface area is 136 Å². The highest BCUT2D eigenvalue weighted by Crippen LogP contribution is 2.75. The number of benzene rings is 1. The summed E-state index contributed by atoms with van der Waals surface area (Å²) < 4.78 is 46.3. The molecule has 2 heterocycles. The Bertz CT molecular complexity index is 753. The van der Waals surface area contributed by atoms with Gasteiger partial charge in [0, 0.05) is 5.56 Å². The molecule has 1 spiro atoms. The van der Waals surface area contributed by atoms with Gasteiger partial charge in [-0.15, -0.1) is 0 Å². The van der Waals surface area contributed by atoms with E-state index < -0.39 is 17.3 Å². The summed E-state index contributed by atoms with van der Waals surface area (Å²) in [7, 11) is 0. The Kier molecular flexibility index (Phi) is 3.29. The maximum atomic E-state index is 14.4. The molecule has 1 aliphatic carbocycles. The molecule has 0 radical (unpaired) electrons. The smallest absolute Gasteiger partial charge is 0.264 e. The molecule has 4 rings (SSSR count). The summed E-state index contributed by atoms with van der Waals surface area (Å²) in [5.74, 6) is -3.45. The predicted molar refractivity (Wildman–Crippen MR) is 82.3 cm³/mol. The van der Waals surface area contributed by atoms with Crippen LogP contribution >= 0.6 is 11.5 Å². The quantitative estimate of drug-likeness (QED) is 0.905. The molecule has 122 valence electrons. The van der Waals surface area contributed by atoms with Crippen LogP contribution < -0.4 is 5.32 Å². The van der Waals surface area contributed by atoms with Crippen molar-refractivity contribution in [3.8, 4) is 11.4 Å². The average molecular weight is 339 g/mol. The number of nitrogens with zero attached hydrogens (tertiary/aromatic N) is 2. The van der Waals surface area contributed by atoms with Gasteiger partial charge in [-0.3, -0.25) is 0 Å². The predicted octanol–water partition coefficient (Wildman–Crippen LogP) is 3.75. The van der Waals surface area contributed by atoms with Crippen molar-refractivity contribution < 1.29 is 13.2 Å². The fraction of sp³-hybridized carbons (Fsp3) is 0.500. The van der Waals surface area contributed by atoms with Gasteiger partial charge in [0.2, 0.25) is 0 Å². The van der Waals surface area contributed by atoms with Crippen molar-refractivity contribution in [2.75, 3.05) is 13.1 Å². The van der Waals surface area contributed by atoms with Crippen LogP contribution in [-0.4, -0.2) is 28.4 Å².